The number of carbonyl (C=O) groups excluding carboxylic acids is 2. The lowest BCUT2D eigenvalue weighted by atomic mass is 9.83. The summed E-state index contributed by atoms with van der Waals surface area (Å²) in [6.07, 6.45) is 2.34. The van der Waals surface area contributed by atoms with Crippen molar-refractivity contribution in [2.75, 3.05) is 18.5 Å². The molecule has 0 fully saturated rings. The van der Waals surface area contributed by atoms with Gasteiger partial charge in [0.15, 0.2) is 0 Å². The predicted molar refractivity (Wildman–Crippen MR) is 92.3 cm³/mol. The van der Waals surface area contributed by atoms with Gasteiger partial charge in [0.2, 0.25) is 0 Å². The summed E-state index contributed by atoms with van der Waals surface area (Å²) in [5.74, 6) is -1.36. The third-order valence-corrected chi connectivity index (χ3v) is 4.65. The standard InChI is InChI=1S/C18H28N2O3/c1-5-14-10-15(9-8-13(14)4)20-17(23)16(22)19-11-18(6-2,7-3)12-21/h8-10,21H,5-7,11-12H2,1-4H3,(H,19,22)(H,20,23). The maximum Gasteiger partial charge on any atom is 0.313 e. The van der Waals surface area contributed by atoms with Crippen molar-refractivity contribution >= 4 is 17.5 Å². The van der Waals surface area contributed by atoms with Crippen molar-refractivity contribution in [2.24, 2.45) is 5.41 Å². The lowest BCUT2D eigenvalue weighted by Gasteiger charge is -2.29. The summed E-state index contributed by atoms with van der Waals surface area (Å²) >= 11 is 0. The Morgan fingerprint density at radius 1 is 1.13 bits per heavy atom. The summed E-state index contributed by atoms with van der Waals surface area (Å²) in [6, 6.07) is 5.60. The number of rotatable bonds is 7. The zero-order valence-corrected chi connectivity index (χ0v) is 14.5. The highest BCUT2D eigenvalue weighted by molar-refractivity contribution is 6.39. The van der Waals surface area contributed by atoms with Crippen molar-refractivity contribution < 1.29 is 14.7 Å². The molecule has 0 saturated heterocycles. The predicted octanol–water partition coefficient (Wildman–Crippen LogP) is 2.41. The van der Waals surface area contributed by atoms with E-state index in [0.29, 0.717) is 5.69 Å². The van der Waals surface area contributed by atoms with Crippen LogP contribution >= 0.6 is 0 Å². The van der Waals surface area contributed by atoms with E-state index in [1.165, 1.54) is 0 Å². The maximum absolute atomic E-state index is 12.0. The average Bonchev–Trinajstić information content (AvgIpc) is 2.58. The summed E-state index contributed by atoms with van der Waals surface area (Å²) in [6.45, 7) is 8.26. The fourth-order valence-corrected chi connectivity index (χ4v) is 2.45. The second-order valence-corrected chi connectivity index (χ2v) is 6.00. The van der Waals surface area contributed by atoms with Gasteiger partial charge < -0.3 is 15.7 Å². The number of anilines is 1. The molecule has 2 amide bonds. The van der Waals surface area contributed by atoms with Crippen molar-refractivity contribution in [1.29, 1.82) is 0 Å². The largest absolute Gasteiger partial charge is 0.396 e. The Hall–Kier alpha value is -1.88. The quantitative estimate of drug-likeness (QED) is 0.675. The molecule has 0 radical (unpaired) electrons. The Morgan fingerprint density at radius 3 is 2.30 bits per heavy atom. The van der Waals surface area contributed by atoms with Crippen LogP contribution in [0.4, 0.5) is 5.69 Å². The van der Waals surface area contributed by atoms with Crippen molar-refractivity contribution in [3.05, 3.63) is 29.3 Å². The van der Waals surface area contributed by atoms with E-state index in [-0.39, 0.29) is 18.6 Å². The van der Waals surface area contributed by atoms with E-state index in [1.807, 2.05) is 39.8 Å². The van der Waals surface area contributed by atoms with Crippen LogP contribution < -0.4 is 10.6 Å². The number of carbonyl (C=O) groups is 2. The first-order valence-electron chi connectivity index (χ1n) is 8.21. The zero-order chi connectivity index (χ0) is 17.5. The minimum atomic E-state index is -0.685. The molecule has 1 aromatic carbocycles. The van der Waals surface area contributed by atoms with Gasteiger partial charge in [0.25, 0.3) is 0 Å². The molecule has 3 N–H and O–H groups in total. The lowest BCUT2D eigenvalue weighted by Crippen LogP contribution is -2.43. The van der Waals surface area contributed by atoms with Crippen LogP contribution in [-0.4, -0.2) is 30.1 Å². The van der Waals surface area contributed by atoms with Gasteiger partial charge in [0.05, 0.1) is 6.61 Å². The molecule has 0 saturated carbocycles. The summed E-state index contributed by atoms with van der Waals surface area (Å²) in [4.78, 5) is 24.0. The fraction of sp³-hybridized carbons (Fsp3) is 0.556. The molecular weight excluding hydrogens is 292 g/mol. The van der Waals surface area contributed by atoms with Crippen molar-refractivity contribution in [3.63, 3.8) is 0 Å². The van der Waals surface area contributed by atoms with Gasteiger partial charge in [-0.05, 0) is 49.4 Å². The molecule has 5 heteroatoms. The molecular formula is C18H28N2O3. The van der Waals surface area contributed by atoms with Gasteiger partial charge >= 0.3 is 11.8 Å². The zero-order valence-electron chi connectivity index (χ0n) is 14.5. The van der Waals surface area contributed by atoms with Crippen LogP contribution in [0.5, 0.6) is 0 Å². The van der Waals surface area contributed by atoms with Crippen LogP contribution in [0.15, 0.2) is 18.2 Å². The smallest absolute Gasteiger partial charge is 0.313 e. The Balaban J connectivity index is 2.66. The van der Waals surface area contributed by atoms with Crippen LogP contribution in [0.3, 0.4) is 0 Å². The molecule has 23 heavy (non-hydrogen) atoms. The molecule has 0 aliphatic carbocycles. The van der Waals surface area contributed by atoms with Crippen LogP contribution in [0.1, 0.15) is 44.7 Å². The Bertz CT molecular complexity index is 543. The van der Waals surface area contributed by atoms with E-state index in [4.69, 9.17) is 0 Å². The first kappa shape index (κ1) is 19.2. The van der Waals surface area contributed by atoms with Gasteiger partial charge in [-0.25, -0.2) is 0 Å². The minimum Gasteiger partial charge on any atom is -0.396 e. The molecule has 0 aliphatic rings. The molecule has 0 heterocycles. The van der Waals surface area contributed by atoms with Gasteiger partial charge in [-0.3, -0.25) is 9.59 Å². The molecule has 128 valence electrons. The monoisotopic (exact) mass is 320 g/mol. The van der Waals surface area contributed by atoms with Crippen molar-refractivity contribution in [1.82, 2.24) is 5.32 Å². The van der Waals surface area contributed by atoms with Crippen molar-refractivity contribution in [2.45, 2.75) is 47.0 Å². The Labute approximate surface area is 138 Å². The molecule has 5 nitrogen and oxygen atoms in total. The van der Waals surface area contributed by atoms with E-state index in [2.05, 4.69) is 10.6 Å². The van der Waals surface area contributed by atoms with E-state index in [9.17, 15) is 14.7 Å². The lowest BCUT2D eigenvalue weighted by molar-refractivity contribution is -0.136. The number of benzene rings is 1. The summed E-state index contributed by atoms with van der Waals surface area (Å²) < 4.78 is 0. The number of amides is 2. The number of hydrogen-bond donors (Lipinski definition) is 3. The fourth-order valence-electron chi connectivity index (χ4n) is 2.45. The highest BCUT2D eigenvalue weighted by Crippen LogP contribution is 2.24. The van der Waals surface area contributed by atoms with Crippen LogP contribution in [0.2, 0.25) is 0 Å². The van der Waals surface area contributed by atoms with Gasteiger partial charge in [-0.1, -0.05) is 26.8 Å². The van der Waals surface area contributed by atoms with E-state index in [0.717, 1.165) is 30.4 Å². The molecule has 1 rings (SSSR count). The molecule has 0 aromatic heterocycles. The summed E-state index contributed by atoms with van der Waals surface area (Å²) in [5, 5.41) is 14.7. The molecule has 1 aromatic rings. The Morgan fingerprint density at radius 2 is 1.78 bits per heavy atom. The third kappa shape index (κ3) is 5.06. The number of hydrogen-bond acceptors (Lipinski definition) is 3. The van der Waals surface area contributed by atoms with Gasteiger partial charge in [-0.2, -0.15) is 0 Å². The van der Waals surface area contributed by atoms with Crippen LogP contribution in [-0.2, 0) is 16.0 Å². The Kier molecular flexibility index (Phi) is 7.23. The molecule has 0 bridgehead atoms. The summed E-state index contributed by atoms with van der Waals surface area (Å²) in [5.41, 5.74) is 2.55. The second-order valence-electron chi connectivity index (χ2n) is 6.00. The highest BCUT2D eigenvalue weighted by atomic mass is 16.3. The normalized spacial score (nSPS) is 11.2. The topological polar surface area (TPSA) is 78.4 Å². The van der Waals surface area contributed by atoms with Crippen LogP contribution in [0.25, 0.3) is 0 Å². The number of aliphatic hydroxyl groups is 1. The van der Waals surface area contributed by atoms with Crippen molar-refractivity contribution in [3.8, 4) is 0 Å². The average molecular weight is 320 g/mol. The van der Waals surface area contributed by atoms with E-state index < -0.39 is 11.8 Å². The molecule has 0 unspecified atom stereocenters. The van der Waals surface area contributed by atoms with E-state index in [1.54, 1.807) is 6.07 Å². The van der Waals surface area contributed by atoms with Gasteiger partial charge in [0.1, 0.15) is 0 Å². The minimum absolute atomic E-state index is 0.0142. The number of aryl methyl sites for hydroxylation is 2. The van der Waals surface area contributed by atoms with E-state index >= 15 is 0 Å². The highest BCUT2D eigenvalue weighted by Gasteiger charge is 2.27. The number of nitrogens with one attached hydrogen (secondary N) is 2. The first-order valence-corrected chi connectivity index (χ1v) is 8.21. The molecule has 0 atom stereocenters. The summed E-state index contributed by atoms with van der Waals surface area (Å²) in [7, 11) is 0. The number of aliphatic hydroxyl groups excluding tert-OH is 1. The van der Waals surface area contributed by atoms with Gasteiger partial charge in [0, 0.05) is 17.6 Å². The maximum atomic E-state index is 12.0. The molecule has 0 spiro atoms. The molecule has 0 aliphatic heterocycles. The first-order chi connectivity index (χ1) is 10.9. The van der Waals surface area contributed by atoms with Gasteiger partial charge in [-0.15, -0.1) is 0 Å². The second kappa shape index (κ2) is 8.67. The third-order valence-electron chi connectivity index (χ3n) is 4.65. The van der Waals surface area contributed by atoms with Crippen LogP contribution in [0, 0.1) is 12.3 Å². The SMILES string of the molecule is CCc1cc(NC(=O)C(=O)NCC(CC)(CC)CO)ccc1C.